The van der Waals surface area contributed by atoms with Crippen LogP contribution in [0.2, 0.25) is 0 Å². The zero-order valence-electron chi connectivity index (χ0n) is 29.8. The van der Waals surface area contributed by atoms with Crippen molar-refractivity contribution in [2.24, 2.45) is 0 Å². The van der Waals surface area contributed by atoms with E-state index in [1.807, 2.05) is 21.1 Å². The highest BCUT2D eigenvalue weighted by atomic mass is 16.7. The van der Waals surface area contributed by atoms with Gasteiger partial charge in [0.1, 0.15) is 13.2 Å². The number of aliphatic carboxylic acids is 1. The molecule has 2 atom stereocenters. The van der Waals surface area contributed by atoms with E-state index in [1.165, 1.54) is 89.9 Å². The van der Waals surface area contributed by atoms with E-state index < -0.39 is 24.3 Å². The zero-order chi connectivity index (χ0) is 33.6. The maximum Gasteiger partial charge on any atom is 0.361 e. The number of rotatable bonds is 33. The van der Waals surface area contributed by atoms with Crippen LogP contribution in [0.25, 0.3) is 0 Å². The van der Waals surface area contributed by atoms with Crippen molar-refractivity contribution < 1.29 is 42.9 Å². The molecule has 0 aliphatic heterocycles. The van der Waals surface area contributed by atoms with E-state index in [0.29, 0.717) is 17.4 Å². The molecule has 266 valence electrons. The van der Waals surface area contributed by atoms with Crippen LogP contribution >= 0.6 is 0 Å². The molecule has 0 saturated heterocycles. The second-order valence-electron chi connectivity index (χ2n) is 13.5. The average Bonchev–Trinajstić information content (AvgIpc) is 2.98. The van der Waals surface area contributed by atoms with Crippen molar-refractivity contribution in [1.82, 2.24) is 0 Å². The minimum atomic E-state index is -1.50. The summed E-state index contributed by atoms with van der Waals surface area (Å²) < 4.78 is 22.5. The molecule has 0 aliphatic carbocycles. The summed E-state index contributed by atoms with van der Waals surface area (Å²) in [6, 6.07) is 0. The first kappa shape index (κ1) is 43.3. The normalized spacial score (nSPS) is 13.0. The molecule has 9 nitrogen and oxygen atoms in total. The Kier molecular flexibility index (Phi) is 28.5. The molecular weight excluding hydrogens is 574 g/mol. The van der Waals surface area contributed by atoms with Crippen molar-refractivity contribution in [3.63, 3.8) is 0 Å². The Morgan fingerprint density at radius 1 is 0.578 bits per heavy atom. The van der Waals surface area contributed by atoms with Crippen molar-refractivity contribution >= 4 is 17.9 Å². The number of ether oxygens (including phenoxy) is 4. The third-order valence-electron chi connectivity index (χ3n) is 7.86. The number of carbonyl (C=O) groups excluding carboxylic acids is 2. The lowest BCUT2D eigenvalue weighted by molar-refractivity contribution is -0.870. The second-order valence-corrected chi connectivity index (χ2v) is 13.5. The number of carboxylic acids is 1. The predicted octanol–water partition coefficient (Wildman–Crippen LogP) is 8.21. The highest BCUT2D eigenvalue weighted by Gasteiger charge is 2.25. The molecule has 0 radical (unpaired) electrons. The maximum absolute atomic E-state index is 12.6. The number of carboxylic acid groups (broad SMARTS) is 1. The predicted molar refractivity (Wildman–Crippen MR) is 180 cm³/mol. The number of hydrogen-bond donors (Lipinski definition) is 1. The number of carbonyl (C=O) groups is 3. The fourth-order valence-corrected chi connectivity index (χ4v) is 4.95. The molecule has 0 aromatic carbocycles. The van der Waals surface area contributed by atoms with Crippen LogP contribution in [-0.4, -0.2) is 87.4 Å². The van der Waals surface area contributed by atoms with Crippen LogP contribution in [0.15, 0.2) is 0 Å². The Bertz CT molecular complexity index is 724. The summed E-state index contributed by atoms with van der Waals surface area (Å²) in [6.07, 6.45) is 21.7. The van der Waals surface area contributed by atoms with Gasteiger partial charge in [0.15, 0.2) is 6.10 Å². The van der Waals surface area contributed by atoms with E-state index in [-0.39, 0.29) is 32.2 Å². The zero-order valence-corrected chi connectivity index (χ0v) is 29.8. The van der Waals surface area contributed by atoms with Gasteiger partial charge in [-0.15, -0.1) is 0 Å². The van der Waals surface area contributed by atoms with Crippen molar-refractivity contribution in [3.05, 3.63) is 0 Å². The summed E-state index contributed by atoms with van der Waals surface area (Å²) in [7, 11) is 5.94. The third kappa shape index (κ3) is 30.7. The standard InChI is InChI=1S/C36H69NO8/c1-6-8-10-12-14-15-16-17-18-19-21-23-25-27-34(39)45-32(30-43-33(38)26-24-22-20-13-11-9-7-2)31-44-36(35(40)41)42-29-28-37(3,4)5/h32,36H,6-31H2,1-5H3/p+1. The van der Waals surface area contributed by atoms with Gasteiger partial charge in [-0.1, -0.05) is 129 Å². The molecule has 1 N–H and O–H groups in total. The molecule has 0 aromatic heterocycles. The lowest BCUT2D eigenvalue weighted by Crippen LogP contribution is -2.40. The number of esters is 2. The van der Waals surface area contributed by atoms with Crippen LogP contribution < -0.4 is 0 Å². The summed E-state index contributed by atoms with van der Waals surface area (Å²) in [5, 5.41) is 9.54. The first-order chi connectivity index (χ1) is 21.6. The van der Waals surface area contributed by atoms with Gasteiger partial charge in [-0.2, -0.15) is 0 Å². The Hall–Kier alpha value is -1.71. The quantitative estimate of drug-likeness (QED) is 0.0330. The van der Waals surface area contributed by atoms with Gasteiger partial charge < -0.3 is 28.5 Å². The Morgan fingerprint density at radius 2 is 1.00 bits per heavy atom. The van der Waals surface area contributed by atoms with Gasteiger partial charge in [0, 0.05) is 12.8 Å². The van der Waals surface area contributed by atoms with Gasteiger partial charge in [0.2, 0.25) is 0 Å². The van der Waals surface area contributed by atoms with Crippen LogP contribution in [0.1, 0.15) is 155 Å². The number of unbranched alkanes of at least 4 members (excludes halogenated alkanes) is 18. The number of quaternary nitrogens is 1. The third-order valence-corrected chi connectivity index (χ3v) is 7.86. The molecule has 0 aliphatic rings. The van der Waals surface area contributed by atoms with E-state index in [4.69, 9.17) is 18.9 Å². The summed E-state index contributed by atoms with van der Waals surface area (Å²) in [5.74, 6) is -2.01. The molecule has 0 saturated carbocycles. The summed E-state index contributed by atoms with van der Waals surface area (Å²) in [6.45, 7) is 4.81. The smallest absolute Gasteiger partial charge is 0.361 e. The fraction of sp³-hybridized carbons (Fsp3) is 0.917. The molecule has 0 aromatic rings. The van der Waals surface area contributed by atoms with Crippen molar-refractivity contribution in [3.8, 4) is 0 Å². The largest absolute Gasteiger partial charge is 0.477 e. The Morgan fingerprint density at radius 3 is 1.42 bits per heavy atom. The molecule has 45 heavy (non-hydrogen) atoms. The highest BCUT2D eigenvalue weighted by Crippen LogP contribution is 2.14. The minimum absolute atomic E-state index is 0.176. The lowest BCUT2D eigenvalue weighted by atomic mass is 10.0. The van der Waals surface area contributed by atoms with Crippen LogP contribution in [0.5, 0.6) is 0 Å². The lowest BCUT2D eigenvalue weighted by Gasteiger charge is -2.25. The molecule has 0 amide bonds. The van der Waals surface area contributed by atoms with Gasteiger partial charge >= 0.3 is 17.9 Å². The second kappa shape index (κ2) is 29.7. The Labute approximate surface area is 275 Å². The molecule has 9 heteroatoms. The van der Waals surface area contributed by atoms with Crippen molar-refractivity contribution in [2.75, 3.05) is 47.5 Å². The summed E-state index contributed by atoms with van der Waals surface area (Å²) in [5.41, 5.74) is 0. The first-order valence-corrected chi connectivity index (χ1v) is 18.2. The molecule has 0 bridgehead atoms. The number of hydrogen-bond acceptors (Lipinski definition) is 7. The van der Waals surface area contributed by atoms with E-state index in [0.717, 1.165) is 38.5 Å². The van der Waals surface area contributed by atoms with Gasteiger partial charge in [-0.3, -0.25) is 9.59 Å². The van der Waals surface area contributed by atoms with Crippen LogP contribution in [0.4, 0.5) is 0 Å². The maximum atomic E-state index is 12.6. The van der Waals surface area contributed by atoms with E-state index in [9.17, 15) is 19.5 Å². The molecule has 0 spiro atoms. The Balaban J connectivity index is 4.52. The van der Waals surface area contributed by atoms with Gasteiger partial charge in [0.05, 0.1) is 34.4 Å². The van der Waals surface area contributed by atoms with E-state index in [2.05, 4.69) is 13.8 Å². The average molecular weight is 645 g/mol. The van der Waals surface area contributed by atoms with Gasteiger partial charge in [-0.25, -0.2) is 4.79 Å². The summed E-state index contributed by atoms with van der Waals surface area (Å²) >= 11 is 0. The monoisotopic (exact) mass is 645 g/mol. The van der Waals surface area contributed by atoms with Crippen molar-refractivity contribution in [2.45, 2.75) is 167 Å². The molecule has 2 unspecified atom stereocenters. The molecule has 0 rings (SSSR count). The van der Waals surface area contributed by atoms with Gasteiger partial charge in [-0.05, 0) is 12.8 Å². The van der Waals surface area contributed by atoms with Crippen LogP contribution in [-0.2, 0) is 33.3 Å². The molecule has 0 heterocycles. The van der Waals surface area contributed by atoms with E-state index in [1.54, 1.807) is 0 Å². The summed E-state index contributed by atoms with van der Waals surface area (Å²) in [4.78, 5) is 36.6. The van der Waals surface area contributed by atoms with E-state index >= 15 is 0 Å². The fourth-order valence-electron chi connectivity index (χ4n) is 4.95. The minimum Gasteiger partial charge on any atom is -0.477 e. The molecular formula is C36H70NO8+. The van der Waals surface area contributed by atoms with Crippen LogP contribution in [0.3, 0.4) is 0 Å². The van der Waals surface area contributed by atoms with Gasteiger partial charge in [0.25, 0.3) is 6.29 Å². The highest BCUT2D eigenvalue weighted by molar-refractivity contribution is 5.71. The first-order valence-electron chi connectivity index (χ1n) is 18.2. The van der Waals surface area contributed by atoms with Crippen molar-refractivity contribution in [1.29, 1.82) is 0 Å². The van der Waals surface area contributed by atoms with Crippen LogP contribution in [0, 0.1) is 0 Å². The number of nitrogens with zero attached hydrogens (tertiary/aromatic N) is 1. The molecule has 0 fully saturated rings. The SMILES string of the molecule is CCCCCCCCCCCCCCCC(=O)OC(COC(=O)CCCCCCCCC)COC(OCC[N+](C)(C)C)C(=O)O. The topological polar surface area (TPSA) is 108 Å². The number of likely N-dealkylation sites (N-methyl/N-ethyl adjacent to an activating group) is 1.